The van der Waals surface area contributed by atoms with Gasteiger partial charge in [-0.2, -0.15) is 0 Å². The Morgan fingerprint density at radius 2 is 2.09 bits per heavy atom. The van der Waals surface area contributed by atoms with Crippen molar-refractivity contribution in [2.75, 3.05) is 20.3 Å². The lowest BCUT2D eigenvalue weighted by atomic mass is 10.1. The number of ether oxygens (including phenoxy) is 1. The molecule has 0 saturated heterocycles. The number of fused-ring (bicyclic) bond motifs is 1. The second-order valence-electron chi connectivity index (χ2n) is 7.28. The van der Waals surface area contributed by atoms with Gasteiger partial charge in [-0.1, -0.05) is 47.1 Å². The first-order valence-electron chi connectivity index (χ1n) is 11.6. The number of imidazole rings is 1. The third kappa shape index (κ3) is 8.83. The lowest BCUT2D eigenvalue weighted by Crippen LogP contribution is -2.28. The van der Waals surface area contributed by atoms with Gasteiger partial charge in [0.15, 0.2) is 0 Å². The number of nitrogens with one attached hydrogen (secondary N) is 2. The lowest BCUT2D eigenvalue weighted by Gasteiger charge is -2.19. The highest BCUT2D eigenvalue weighted by molar-refractivity contribution is 5.98. The quantitative estimate of drug-likeness (QED) is 0.244. The summed E-state index contributed by atoms with van der Waals surface area (Å²) in [7, 11) is 1.67. The topological polar surface area (TPSA) is 63.0 Å². The van der Waals surface area contributed by atoms with Crippen LogP contribution in [0.1, 0.15) is 66.0 Å². The summed E-state index contributed by atoms with van der Waals surface area (Å²) >= 11 is 0. The predicted molar refractivity (Wildman–Crippen MR) is 133 cm³/mol. The molecule has 2 heterocycles. The molecule has 0 aliphatic heterocycles. The van der Waals surface area contributed by atoms with Gasteiger partial charge in [-0.05, 0) is 31.9 Å². The van der Waals surface area contributed by atoms with Crippen molar-refractivity contribution in [1.29, 1.82) is 0 Å². The second kappa shape index (κ2) is 15.2. The van der Waals surface area contributed by atoms with E-state index in [1.165, 1.54) is 12.3 Å². The summed E-state index contributed by atoms with van der Waals surface area (Å²) in [5.74, 6) is 0.404. The van der Waals surface area contributed by atoms with E-state index in [1.807, 2.05) is 26.8 Å². The highest BCUT2D eigenvalue weighted by atomic mass is 19.1. The summed E-state index contributed by atoms with van der Waals surface area (Å²) in [6.07, 6.45) is 9.41. The van der Waals surface area contributed by atoms with E-state index in [0.29, 0.717) is 24.8 Å². The zero-order valence-electron chi connectivity index (χ0n) is 20.5. The summed E-state index contributed by atoms with van der Waals surface area (Å²) in [6.45, 7) is 15.6. The Balaban J connectivity index is 0.00000249. The number of allylic oxidation sites excluding steroid dienone is 1. The molecule has 7 heteroatoms. The molecule has 0 radical (unpaired) electrons. The molecule has 0 aromatic carbocycles. The van der Waals surface area contributed by atoms with Crippen LogP contribution in [0.4, 0.5) is 4.39 Å². The van der Waals surface area contributed by atoms with Gasteiger partial charge in [-0.3, -0.25) is 4.40 Å². The summed E-state index contributed by atoms with van der Waals surface area (Å²) < 4.78 is 20.5. The Labute approximate surface area is 192 Å². The monoisotopic (exact) mass is 445 g/mol. The van der Waals surface area contributed by atoms with Crippen molar-refractivity contribution >= 4 is 11.4 Å². The molecule has 178 valence electrons. The first kappa shape index (κ1) is 27.4. The number of pyridine rings is 1. The van der Waals surface area contributed by atoms with Crippen LogP contribution < -0.4 is 10.6 Å². The summed E-state index contributed by atoms with van der Waals surface area (Å²) in [6, 6.07) is 3.38. The van der Waals surface area contributed by atoms with Crippen LogP contribution in [0, 0.1) is 5.82 Å². The maximum atomic E-state index is 13.7. The molecular weight excluding hydrogens is 405 g/mol. The van der Waals surface area contributed by atoms with E-state index in [2.05, 4.69) is 36.0 Å². The average molecular weight is 446 g/mol. The summed E-state index contributed by atoms with van der Waals surface area (Å²) in [5, 5.41) is 6.77. The van der Waals surface area contributed by atoms with Gasteiger partial charge >= 0.3 is 0 Å². The number of unbranched alkanes of at least 4 members (excludes halogenated alkanes) is 1. The van der Waals surface area contributed by atoms with Crippen LogP contribution in [0.15, 0.2) is 53.7 Å². The molecule has 0 amide bonds. The molecular formula is C25H40FN5O. The molecule has 32 heavy (non-hydrogen) atoms. The fourth-order valence-electron chi connectivity index (χ4n) is 3.13. The van der Waals surface area contributed by atoms with Crippen LogP contribution >= 0.6 is 0 Å². The molecule has 6 nitrogen and oxygen atoms in total. The van der Waals surface area contributed by atoms with Crippen molar-refractivity contribution in [2.24, 2.45) is 4.99 Å². The molecule has 2 aromatic rings. The van der Waals surface area contributed by atoms with Crippen molar-refractivity contribution in [1.82, 2.24) is 20.0 Å². The van der Waals surface area contributed by atoms with E-state index < -0.39 is 0 Å². The van der Waals surface area contributed by atoms with Gasteiger partial charge in [-0.25, -0.2) is 14.4 Å². The van der Waals surface area contributed by atoms with Gasteiger partial charge in [0.05, 0.1) is 24.2 Å². The third-order valence-electron chi connectivity index (χ3n) is 4.85. The van der Waals surface area contributed by atoms with Crippen molar-refractivity contribution < 1.29 is 9.13 Å². The molecule has 1 unspecified atom stereocenters. The highest BCUT2D eigenvalue weighted by Gasteiger charge is 2.11. The molecule has 2 rings (SSSR count). The number of rotatable bonds is 13. The average Bonchev–Trinajstić information content (AvgIpc) is 3.21. The fraction of sp³-hybridized carbons (Fsp3) is 0.520. The lowest BCUT2D eigenvalue weighted by molar-refractivity contribution is 0.202. The van der Waals surface area contributed by atoms with Gasteiger partial charge in [0, 0.05) is 37.7 Å². The Morgan fingerprint density at radius 3 is 2.75 bits per heavy atom. The second-order valence-corrected chi connectivity index (χ2v) is 7.28. The Bertz CT molecular complexity index is 888. The van der Waals surface area contributed by atoms with E-state index >= 15 is 0 Å². The number of aliphatic imine (C=N–C) groups is 1. The molecule has 0 bridgehead atoms. The summed E-state index contributed by atoms with van der Waals surface area (Å²) in [4.78, 5) is 9.16. The molecule has 0 fully saturated rings. The predicted octanol–water partition coefficient (Wildman–Crippen LogP) is 5.46. The Kier molecular flexibility index (Phi) is 13.0. The van der Waals surface area contributed by atoms with Gasteiger partial charge in [0.25, 0.3) is 0 Å². The third-order valence-corrected chi connectivity index (χ3v) is 4.85. The molecule has 2 N–H and O–H groups in total. The van der Waals surface area contributed by atoms with Gasteiger partial charge in [0.2, 0.25) is 0 Å². The van der Waals surface area contributed by atoms with E-state index in [1.54, 1.807) is 23.8 Å². The normalized spacial score (nSPS) is 12.8. The molecule has 0 saturated carbocycles. The first-order valence-corrected chi connectivity index (χ1v) is 11.6. The molecule has 0 spiro atoms. The molecule has 0 aliphatic carbocycles. The van der Waals surface area contributed by atoms with Crippen LogP contribution in [0.5, 0.6) is 0 Å². The van der Waals surface area contributed by atoms with E-state index in [-0.39, 0.29) is 5.82 Å². The Hall–Kier alpha value is -2.67. The van der Waals surface area contributed by atoms with Crippen molar-refractivity contribution in [3.63, 3.8) is 0 Å². The van der Waals surface area contributed by atoms with Crippen LogP contribution in [0.3, 0.4) is 0 Å². The minimum Gasteiger partial charge on any atom is -0.383 e. The van der Waals surface area contributed by atoms with Gasteiger partial charge in [0.1, 0.15) is 17.3 Å². The van der Waals surface area contributed by atoms with Crippen LogP contribution in [0.25, 0.3) is 5.65 Å². The van der Waals surface area contributed by atoms with E-state index in [4.69, 9.17) is 9.73 Å². The number of methoxy groups -OCH3 is 1. The molecule has 1 atom stereocenters. The van der Waals surface area contributed by atoms with E-state index in [9.17, 15) is 4.39 Å². The van der Waals surface area contributed by atoms with Crippen molar-refractivity contribution in [3.8, 4) is 0 Å². The van der Waals surface area contributed by atoms with Crippen LogP contribution in [-0.2, 0) is 4.74 Å². The largest absolute Gasteiger partial charge is 0.383 e. The van der Waals surface area contributed by atoms with Crippen LogP contribution in [0.2, 0.25) is 0 Å². The zero-order chi connectivity index (χ0) is 23.9. The first-order chi connectivity index (χ1) is 15.5. The van der Waals surface area contributed by atoms with Crippen molar-refractivity contribution in [2.45, 2.75) is 66.3 Å². The standard InChI is InChI=1S/C23H34FN5O.C2H6/c1-6-8-9-20(7-2)28-22(14-17(3)25-12-13-30-5)27-18(4)21-15-26-23-11-10-19(24)16-29(21)23;1-2/h10-11,14-16,20,25,28H,3,6-9,12-13H2,1-2,4-5H3;1-2H3/b22-14+,27-18+;. The zero-order valence-corrected chi connectivity index (χ0v) is 20.5. The fourth-order valence-corrected chi connectivity index (χ4v) is 3.13. The summed E-state index contributed by atoms with van der Waals surface area (Å²) in [5.41, 5.74) is 2.92. The van der Waals surface area contributed by atoms with E-state index in [0.717, 1.165) is 48.6 Å². The Morgan fingerprint density at radius 1 is 1.34 bits per heavy atom. The van der Waals surface area contributed by atoms with Crippen molar-refractivity contribution in [3.05, 3.63) is 60.2 Å². The number of hydrogen-bond donors (Lipinski definition) is 2. The number of halogens is 1. The number of nitrogens with zero attached hydrogens (tertiary/aromatic N) is 3. The molecule has 2 aromatic heterocycles. The smallest absolute Gasteiger partial charge is 0.139 e. The minimum absolute atomic E-state index is 0.315. The van der Waals surface area contributed by atoms with Gasteiger partial charge < -0.3 is 15.4 Å². The maximum Gasteiger partial charge on any atom is 0.139 e. The highest BCUT2D eigenvalue weighted by Crippen LogP contribution is 2.13. The number of aromatic nitrogens is 2. The van der Waals surface area contributed by atoms with Gasteiger partial charge in [-0.15, -0.1) is 0 Å². The van der Waals surface area contributed by atoms with Crippen LogP contribution in [-0.4, -0.2) is 41.4 Å². The number of hydrogen-bond acceptors (Lipinski definition) is 5. The molecule has 0 aliphatic rings. The maximum absolute atomic E-state index is 13.7. The minimum atomic E-state index is -0.315. The SMILES string of the molecule is C=C(/C=C(\N=C(/C)c1cnc2ccc(F)cn12)NC(CC)CCCC)NCCOC.CC.